The number of sulfonamides is 1. The van der Waals surface area contributed by atoms with Crippen molar-refractivity contribution in [2.24, 2.45) is 5.92 Å². The molecule has 1 aliphatic rings. The number of hydrogen-bond donors (Lipinski definition) is 2. The van der Waals surface area contributed by atoms with Crippen molar-refractivity contribution in [3.63, 3.8) is 0 Å². The van der Waals surface area contributed by atoms with Gasteiger partial charge >= 0.3 is 0 Å². The molecule has 2 amide bonds. The zero-order valence-electron chi connectivity index (χ0n) is 16.8. The van der Waals surface area contributed by atoms with Crippen molar-refractivity contribution < 1.29 is 18.0 Å². The zero-order chi connectivity index (χ0) is 21.4. The molecule has 1 unspecified atom stereocenters. The fourth-order valence-electron chi connectivity index (χ4n) is 3.44. The fourth-order valence-corrected chi connectivity index (χ4v) is 4.99. The second-order valence-electron chi connectivity index (χ2n) is 7.32. The maximum atomic E-state index is 12.8. The van der Waals surface area contributed by atoms with Gasteiger partial charge in [-0.05, 0) is 30.5 Å². The van der Waals surface area contributed by atoms with Crippen molar-refractivity contribution in [2.45, 2.75) is 30.7 Å². The summed E-state index contributed by atoms with van der Waals surface area (Å²) in [7, 11) is -3.61. The van der Waals surface area contributed by atoms with E-state index in [1.165, 1.54) is 4.31 Å². The average molecular weight is 430 g/mol. The van der Waals surface area contributed by atoms with Gasteiger partial charge in [0, 0.05) is 32.6 Å². The molecule has 1 aliphatic heterocycles. The smallest absolute Gasteiger partial charge is 0.243 e. The number of amides is 2. The molecule has 1 atom stereocenters. The van der Waals surface area contributed by atoms with Crippen LogP contribution in [0.25, 0.3) is 0 Å². The van der Waals surface area contributed by atoms with Crippen molar-refractivity contribution in [2.75, 3.05) is 19.6 Å². The third kappa shape index (κ3) is 5.90. The van der Waals surface area contributed by atoms with E-state index in [9.17, 15) is 18.0 Å². The third-order valence-electron chi connectivity index (χ3n) is 5.12. The molecule has 30 heavy (non-hydrogen) atoms. The standard InChI is InChI=1S/C22H27N3O4S/c26-21(24-16-18-8-3-1-4-9-18)13-14-23-22(27)19-10-7-15-25(17-19)30(28,29)20-11-5-2-6-12-20/h1-6,8-9,11-12,19H,7,10,13-17H2,(H,23,27)(H,24,26). The first-order chi connectivity index (χ1) is 14.5. The van der Waals surface area contributed by atoms with Gasteiger partial charge in [0.2, 0.25) is 21.8 Å². The highest BCUT2D eigenvalue weighted by molar-refractivity contribution is 7.89. The van der Waals surface area contributed by atoms with Crippen molar-refractivity contribution in [1.82, 2.24) is 14.9 Å². The van der Waals surface area contributed by atoms with E-state index in [4.69, 9.17) is 0 Å². The molecule has 0 radical (unpaired) electrons. The monoisotopic (exact) mass is 429 g/mol. The van der Waals surface area contributed by atoms with Gasteiger partial charge in [0.05, 0.1) is 10.8 Å². The highest BCUT2D eigenvalue weighted by Gasteiger charge is 2.33. The largest absolute Gasteiger partial charge is 0.355 e. The maximum absolute atomic E-state index is 12.8. The minimum atomic E-state index is -3.61. The first kappa shape index (κ1) is 22.0. The van der Waals surface area contributed by atoms with E-state index in [2.05, 4.69) is 10.6 Å². The summed E-state index contributed by atoms with van der Waals surface area (Å²) < 4.78 is 27.0. The van der Waals surface area contributed by atoms with Gasteiger partial charge in [-0.25, -0.2) is 8.42 Å². The van der Waals surface area contributed by atoms with Crippen molar-refractivity contribution in [3.05, 3.63) is 66.2 Å². The highest BCUT2D eigenvalue weighted by Crippen LogP contribution is 2.23. The van der Waals surface area contributed by atoms with Crippen LogP contribution in [0.2, 0.25) is 0 Å². The molecular weight excluding hydrogens is 402 g/mol. The number of nitrogens with zero attached hydrogens (tertiary/aromatic N) is 1. The van der Waals surface area contributed by atoms with Crippen LogP contribution in [0.1, 0.15) is 24.8 Å². The molecule has 1 fully saturated rings. The average Bonchev–Trinajstić information content (AvgIpc) is 2.79. The van der Waals surface area contributed by atoms with Gasteiger partial charge in [0.25, 0.3) is 0 Å². The van der Waals surface area contributed by atoms with Gasteiger partial charge in [-0.3, -0.25) is 9.59 Å². The fraction of sp³-hybridized carbons (Fsp3) is 0.364. The number of carbonyl (C=O) groups is 2. The zero-order valence-corrected chi connectivity index (χ0v) is 17.6. The predicted molar refractivity (Wildman–Crippen MR) is 114 cm³/mol. The summed E-state index contributed by atoms with van der Waals surface area (Å²) in [6.45, 7) is 1.23. The van der Waals surface area contributed by atoms with Crippen LogP contribution in [-0.2, 0) is 26.2 Å². The Kier molecular flexibility index (Phi) is 7.59. The molecule has 0 spiro atoms. The Morgan fingerprint density at radius 1 is 0.967 bits per heavy atom. The molecule has 2 N–H and O–H groups in total. The molecule has 3 rings (SSSR count). The van der Waals surface area contributed by atoms with Gasteiger partial charge in [0.1, 0.15) is 0 Å². The number of nitrogens with one attached hydrogen (secondary N) is 2. The van der Waals surface area contributed by atoms with Gasteiger partial charge in [-0.1, -0.05) is 48.5 Å². The summed E-state index contributed by atoms with van der Waals surface area (Å²) >= 11 is 0. The summed E-state index contributed by atoms with van der Waals surface area (Å²) in [5, 5.41) is 5.59. The molecule has 2 aromatic rings. The highest BCUT2D eigenvalue weighted by atomic mass is 32.2. The van der Waals surface area contributed by atoms with E-state index in [1.54, 1.807) is 30.3 Å². The summed E-state index contributed by atoms with van der Waals surface area (Å²) in [5.74, 6) is -0.764. The predicted octanol–water partition coefficient (Wildman–Crippen LogP) is 1.91. The Labute approximate surface area is 177 Å². The maximum Gasteiger partial charge on any atom is 0.243 e. The minimum absolute atomic E-state index is 0.143. The Balaban J connectivity index is 1.44. The van der Waals surface area contributed by atoms with Gasteiger partial charge in [-0.2, -0.15) is 4.31 Å². The lowest BCUT2D eigenvalue weighted by molar-refractivity contribution is -0.126. The van der Waals surface area contributed by atoms with Crippen LogP contribution < -0.4 is 10.6 Å². The molecule has 1 saturated heterocycles. The second-order valence-corrected chi connectivity index (χ2v) is 9.26. The molecule has 8 heteroatoms. The topological polar surface area (TPSA) is 95.6 Å². The Bertz CT molecular complexity index is 949. The van der Waals surface area contributed by atoms with Gasteiger partial charge < -0.3 is 10.6 Å². The molecule has 7 nitrogen and oxygen atoms in total. The molecule has 0 aliphatic carbocycles. The van der Waals surface area contributed by atoms with Crippen LogP contribution in [0.4, 0.5) is 0 Å². The Morgan fingerprint density at radius 3 is 2.33 bits per heavy atom. The van der Waals surface area contributed by atoms with Crippen molar-refractivity contribution >= 4 is 21.8 Å². The van der Waals surface area contributed by atoms with E-state index in [1.807, 2.05) is 30.3 Å². The van der Waals surface area contributed by atoms with Gasteiger partial charge in [0.15, 0.2) is 0 Å². The van der Waals surface area contributed by atoms with Crippen molar-refractivity contribution in [3.8, 4) is 0 Å². The quantitative estimate of drug-likeness (QED) is 0.670. The molecular formula is C22H27N3O4S. The molecule has 0 bridgehead atoms. The van der Waals surface area contributed by atoms with E-state index >= 15 is 0 Å². The first-order valence-electron chi connectivity index (χ1n) is 10.1. The van der Waals surface area contributed by atoms with Gasteiger partial charge in [-0.15, -0.1) is 0 Å². The summed E-state index contributed by atoms with van der Waals surface area (Å²) in [4.78, 5) is 24.7. The van der Waals surface area contributed by atoms with E-state index in [0.29, 0.717) is 25.9 Å². The lowest BCUT2D eigenvalue weighted by Gasteiger charge is -2.31. The Hall–Kier alpha value is -2.71. The summed E-state index contributed by atoms with van der Waals surface area (Å²) in [6.07, 6.45) is 1.44. The number of benzene rings is 2. The van der Waals surface area contributed by atoms with Crippen LogP contribution in [0.5, 0.6) is 0 Å². The lowest BCUT2D eigenvalue weighted by Crippen LogP contribution is -2.45. The number of hydrogen-bond acceptors (Lipinski definition) is 4. The first-order valence-corrected chi connectivity index (χ1v) is 11.5. The lowest BCUT2D eigenvalue weighted by atomic mass is 9.99. The van der Waals surface area contributed by atoms with Crippen LogP contribution in [0.15, 0.2) is 65.6 Å². The normalized spacial score (nSPS) is 17.3. The number of rotatable bonds is 8. The number of piperidine rings is 1. The minimum Gasteiger partial charge on any atom is -0.355 e. The molecule has 0 aromatic heterocycles. The van der Waals surface area contributed by atoms with Crippen molar-refractivity contribution in [1.29, 1.82) is 0 Å². The molecule has 2 aromatic carbocycles. The van der Waals surface area contributed by atoms with Crippen LogP contribution in [0.3, 0.4) is 0 Å². The SMILES string of the molecule is O=C(CCNC(=O)C1CCCN(S(=O)(=O)c2ccccc2)C1)NCc1ccccc1. The van der Waals surface area contributed by atoms with Crippen LogP contribution in [-0.4, -0.2) is 44.2 Å². The molecule has 160 valence electrons. The summed E-state index contributed by atoms with van der Waals surface area (Å²) in [6, 6.07) is 17.9. The van der Waals surface area contributed by atoms with Crippen LogP contribution >= 0.6 is 0 Å². The summed E-state index contributed by atoms with van der Waals surface area (Å²) in [5.41, 5.74) is 1.01. The van der Waals surface area contributed by atoms with E-state index in [-0.39, 0.29) is 36.2 Å². The molecule has 0 saturated carbocycles. The van der Waals surface area contributed by atoms with Crippen LogP contribution in [0, 0.1) is 5.92 Å². The Morgan fingerprint density at radius 2 is 1.63 bits per heavy atom. The second kappa shape index (κ2) is 10.4. The van der Waals surface area contributed by atoms with E-state index in [0.717, 1.165) is 5.56 Å². The van der Waals surface area contributed by atoms with E-state index < -0.39 is 15.9 Å². The third-order valence-corrected chi connectivity index (χ3v) is 7.00. The number of carbonyl (C=O) groups excluding carboxylic acids is 2. The molecule has 1 heterocycles.